The van der Waals surface area contributed by atoms with Crippen LogP contribution in [-0.2, 0) is 0 Å². The molecular weight excluding hydrogens is 671 g/mol. The van der Waals surface area contributed by atoms with Gasteiger partial charge in [-0.2, -0.15) is 0 Å². The normalized spacial score (nSPS) is 12.3. The molecule has 0 aliphatic carbocycles. The van der Waals surface area contributed by atoms with Gasteiger partial charge in [0, 0.05) is 38.5 Å². The quantitative estimate of drug-likeness (QED) is 0.183. The molecule has 8 aromatic carbocycles. The SMILES string of the molecule is c1ccc(-c2ccc(-n3c4ccccc4c4ccc5c6ccccc6n(-c6nc7c8c(cccc8n6)N(c6ccccc6)c6ccccc6-7)c5c43)cc2)cc1. The number of anilines is 3. The third-order valence-corrected chi connectivity index (χ3v) is 11.2. The highest BCUT2D eigenvalue weighted by atomic mass is 15.2. The predicted octanol–water partition coefficient (Wildman–Crippen LogP) is 12.9. The van der Waals surface area contributed by atoms with Gasteiger partial charge in [0.15, 0.2) is 0 Å². The molecule has 11 aromatic rings. The first-order valence-electron chi connectivity index (χ1n) is 18.7. The molecule has 0 saturated heterocycles. The molecule has 12 rings (SSSR count). The largest absolute Gasteiger partial charge is 0.309 e. The minimum absolute atomic E-state index is 0.651. The van der Waals surface area contributed by atoms with Crippen molar-refractivity contribution in [1.29, 1.82) is 0 Å². The van der Waals surface area contributed by atoms with Crippen molar-refractivity contribution in [2.75, 3.05) is 4.90 Å². The molecule has 0 bridgehead atoms. The Balaban J connectivity index is 1.18. The molecule has 256 valence electrons. The molecule has 0 N–H and O–H groups in total. The van der Waals surface area contributed by atoms with E-state index < -0.39 is 0 Å². The second kappa shape index (κ2) is 11.5. The van der Waals surface area contributed by atoms with Gasteiger partial charge in [-0.05, 0) is 65.7 Å². The van der Waals surface area contributed by atoms with Gasteiger partial charge in [0.2, 0.25) is 5.95 Å². The summed E-state index contributed by atoms with van der Waals surface area (Å²) < 4.78 is 4.73. The lowest BCUT2D eigenvalue weighted by atomic mass is 9.96. The van der Waals surface area contributed by atoms with Crippen molar-refractivity contribution in [1.82, 2.24) is 19.1 Å². The molecule has 0 atom stereocenters. The van der Waals surface area contributed by atoms with Crippen molar-refractivity contribution in [2.24, 2.45) is 0 Å². The van der Waals surface area contributed by atoms with Gasteiger partial charge in [-0.1, -0.05) is 133 Å². The van der Waals surface area contributed by atoms with Crippen LogP contribution in [0.25, 0.3) is 88.5 Å². The maximum Gasteiger partial charge on any atom is 0.235 e. The maximum absolute atomic E-state index is 5.57. The van der Waals surface area contributed by atoms with Gasteiger partial charge in [-0.15, -0.1) is 0 Å². The summed E-state index contributed by atoms with van der Waals surface area (Å²) in [6.45, 7) is 0. The molecule has 1 aliphatic heterocycles. The molecule has 0 unspecified atom stereocenters. The molecule has 5 heteroatoms. The summed E-state index contributed by atoms with van der Waals surface area (Å²) in [6.07, 6.45) is 0. The fraction of sp³-hybridized carbons (Fsp3) is 0. The van der Waals surface area contributed by atoms with Gasteiger partial charge in [0.05, 0.1) is 50.0 Å². The van der Waals surface area contributed by atoms with Crippen LogP contribution in [0, 0.1) is 0 Å². The Labute approximate surface area is 316 Å². The number of benzene rings is 8. The van der Waals surface area contributed by atoms with Gasteiger partial charge in [0.1, 0.15) is 0 Å². The van der Waals surface area contributed by atoms with Crippen LogP contribution < -0.4 is 4.90 Å². The van der Waals surface area contributed by atoms with E-state index in [1.807, 2.05) is 0 Å². The van der Waals surface area contributed by atoms with Crippen molar-refractivity contribution in [3.05, 3.63) is 188 Å². The number of para-hydroxylation sites is 4. The monoisotopic (exact) mass is 701 g/mol. The van der Waals surface area contributed by atoms with E-state index in [1.54, 1.807) is 0 Å². The van der Waals surface area contributed by atoms with Crippen LogP contribution in [0.3, 0.4) is 0 Å². The summed E-state index contributed by atoms with van der Waals surface area (Å²) in [5, 5.41) is 5.77. The highest BCUT2D eigenvalue weighted by Gasteiger charge is 2.29. The van der Waals surface area contributed by atoms with Crippen LogP contribution in [0.4, 0.5) is 17.1 Å². The number of aromatic nitrogens is 4. The van der Waals surface area contributed by atoms with Crippen LogP contribution in [-0.4, -0.2) is 19.1 Å². The summed E-state index contributed by atoms with van der Waals surface area (Å²) >= 11 is 0. The topological polar surface area (TPSA) is 38.9 Å². The standard InChI is InChI=1S/C50H31N5/c1-3-14-32(15-4-1)33-26-28-35(29-27-33)54-42-22-10-7-18-36(42)38-30-31-39-37-19-8-11-23-43(37)55(49(39)48(38)54)50-51-41-21-13-25-45-46(41)47(52-50)40-20-9-12-24-44(40)53(45)34-16-5-2-6-17-34/h1-31H. The van der Waals surface area contributed by atoms with E-state index in [4.69, 9.17) is 9.97 Å². The van der Waals surface area contributed by atoms with E-state index in [-0.39, 0.29) is 0 Å². The van der Waals surface area contributed by atoms with Crippen molar-refractivity contribution >= 4 is 71.6 Å². The summed E-state index contributed by atoms with van der Waals surface area (Å²) in [4.78, 5) is 13.3. The molecule has 0 spiro atoms. The van der Waals surface area contributed by atoms with Gasteiger partial charge >= 0.3 is 0 Å². The van der Waals surface area contributed by atoms with Crippen LogP contribution in [0.15, 0.2) is 188 Å². The first-order chi connectivity index (χ1) is 27.3. The molecule has 0 saturated carbocycles. The Bertz CT molecular complexity index is 3300. The van der Waals surface area contributed by atoms with E-state index in [9.17, 15) is 0 Å². The summed E-state index contributed by atoms with van der Waals surface area (Å²) in [6, 6.07) is 67.0. The van der Waals surface area contributed by atoms with Crippen molar-refractivity contribution in [2.45, 2.75) is 0 Å². The van der Waals surface area contributed by atoms with E-state index in [1.165, 1.54) is 21.9 Å². The molecule has 4 heterocycles. The molecule has 0 radical (unpaired) electrons. The van der Waals surface area contributed by atoms with Crippen LogP contribution >= 0.6 is 0 Å². The zero-order valence-electron chi connectivity index (χ0n) is 29.6. The highest BCUT2D eigenvalue weighted by Crippen LogP contribution is 2.50. The Morgan fingerprint density at radius 2 is 0.945 bits per heavy atom. The van der Waals surface area contributed by atoms with Crippen molar-refractivity contribution in [3.8, 4) is 34.0 Å². The van der Waals surface area contributed by atoms with E-state index >= 15 is 0 Å². The second-order valence-corrected chi connectivity index (χ2v) is 14.2. The van der Waals surface area contributed by atoms with Crippen LogP contribution in [0.2, 0.25) is 0 Å². The molecular formula is C50H31N5. The zero-order valence-corrected chi connectivity index (χ0v) is 29.6. The average molecular weight is 702 g/mol. The summed E-state index contributed by atoms with van der Waals surface area (Å²) in [5.74, 6) is 0.651. The smallest absolute Gasteiger partial charge is 0.235 e. The highest BCUT2D eigenvalue weighted by molar-refractivity contribution is 6.24. The Kier molecular flexibility index (Phi) is 6.27. The predicted molar refractivity (Wildman–Crippen MR) is 227 cm³/mol. The first-order valence-corrected chi connectivity index (χ1v) is 18.7. The molecule has 3 aromatic heterocycles. The molecule has 5 nitrogen and oxygen atoms in total. The number of rotatable bonds is 4. The Hall–Kier alpha value is -7.50. The van der Waals surface area contributed by atoms with Gasteiger partial charge in [-0.25, -0.2) is 9.97 Å². The lowest BCUT2D eigenvalue weighted by molar-refractivity contribution is 1.01. The van der Waals surface area contributed by atoms with E-state index in [2.05, 4.69) is 202 Å². The Morgan fingerprint density at radius 1 is 0.364 bits per heavy atom. The fourth-order valence-corrected chi connectivity index (χ4v) is 8.90. The van der Waals surface area contributed by atoms with Crippen LogP contribution in [0.1, 0.15) is 0 Å². The second-order valence-electron chi connectivity index (χ2n) is 14.2. The minimum Gasteiger partial charge on any atom is -0.309 e. The lowest BCUT2D eigenvalue weighted by Crippen LogP contribution is -2.16. The maximum atomic E-state index is 5.57. The molecule has 55 heavy (non-hydrogen) atoms. The van der Waals surface area contributed by atoms with E-state index in [0.717, 1.165) is 77.7 Å². The Morgan fingerprint density at radius 3 is 1.69 bits per heavy atom. The van der Waals surface area contributed by atoms with Crippen molar-refractivity contribution < 1.29 is 0 Å². The molecule has 1 aliphatic rings. The van der Waals surface area contributed by atoms with Gasteiger partial charge < -0.3 is 9.47 Å². The average Bonchev–Trinajstić information content (AvgIpc) is 3.78. The van der Waals surface area contributed by atoms with Crippen molar-refractivity contribution in [3.63, 3.8) is 0 Å². The van der Waals surface area contributed by atoms with Gasteiger partial charge in [-0.3, -0.25) is 4.57 Å². The zero-order chi connectivity index (χ0) is 36.0. The fourth-order valence-electron chi connectivity index (χ4n) is 8.90. The van der Waals surface area contributed by atoms with Crippen LogP contribution in [0.5, 0.6) is 0 Å². The third-order valence-electron chi connectivity index (χ3n) is 11.2. The third kappa shape index (κ3) is 4.29. The summed E-state index contributed by atoms with van der Waals surface area (Å²) in [5.41, 5.74) is 14.1. The minimum atomic E-state index is 0.651. The first kappa shape index (κ1) is 30.0. The summed E-state index contributed by atoms with van der Waals surface area (Å²) in [7, 11) is 0. The molecule has 0 amide bonds. The van der Waals surface area contributed by atoms with Gasteiger partial charge in [0.25, 0.3) is 0 Å². The number of hydrogen-bond donors (Lipinski definition) is 0. The lowest BCUT2D eigenvalue weighted by Gasteiger charge is -2.32. The number of fused-ring (bicyclic) bond motifs is 9. The van der Waals surface area contributed by atoms with E-state index in [0.29, 0.717) is 5.95 Å². The molecule has 0 fully saturated rings. The number of nitrogens with zero attached hydrogens (tertiary/aromatic N) is 5. The number of hydrogen-bond acceptors (Lipinski definition) is 3.